The van der Waals surface area contributed by atoms with E-state index in [0.29, 0.717) is 10.6 Å². The van der Waals surface area contributed by atoms with E-state index in [1.807, 2.05) is 6.92 Å². The maximum absolute atomic E-state index is 12.6. The maximum atomic E-state index is 12.6. The van der Waals surface area contributed by atoms with Gasteiger partial charge in [-0.3, -0.25) is 9.59 Å². The van der Waals surface area contributed by atoms with Crippen molar-refractivity contribution in [1.82, 2.24) is 20.7 Å². The summed E-state index contributed by atoms with van der Waals surface area (Å²) in [5.74, 6) is -0.797. The molecular formula is C22H19ClN6O2. The number of carbonyl (C=O) groups is 2. The molecule has 8 nitrogen and oxygen atoms in total. The van der Waals surface area contributed by atoms with Gasteiger partial charge in [-0.05, 0) is 42.8 Å². The second-order valence-corrected chi connectivity index (χ2v) is 6.73. The molecule has 0 spiro atoms. The van der Waals surface area contributed by atoms with Gasteiger partial charge in [-0.2, -0.15) is 5.10 Å². The summed E-state index contributed by atoms with van der Waals surface area (Å²) < 4.78 is 0. The molecule has 0 bridgehead atoms. The summed E-state index contributed by atoms with van der Waals surface area (Å²) in [4.78, 5) is 33.4. The molecule has 9 heteroatoms. The number of hydrogen-bond donors (Lipinski definition) is 3. The lowest BCUT2D eigenvalue weighted by molar-refractivity contribution is -0.117. The number of hydrogen-bond acceptors (Lipinski definition) is 6. The fourth-order valence-corrected chi connectivity index (χ4v) is 2.50. The van der Waals surface area contributed by atoms with E-state index in [0.717, 1.165) is 11.3 Å². The van der Waals surface area contributed by atoms with Crippen LogP contribution in [0.1, 0.15) is 21.6 Å². The van der Waals surface area contributed by atoms with Gasteiger partial charge in [0, 0.05) is 28.7 Å². The number of benzene rings is 2. The van der Waals surface area contributed by atoms with Crippen molar-refractivity contribution >= 4 is 35.6 Å². The minimum Gasteiger partial charge on any atom is -0.328 e. The molecule has 0 atom stereocenters. The maximum Gasteiger partial charge on any atom is 0.289 e. The van der Waals surface area contributed by atoms with Crippen LogP contribution in [0, 0.1) is 6.92 Å². The third-order valence-electron chi connectivity index (χ3n) is 3.92. The van der Waals surface area contributed by atoms with Crippen LogP contribution >= 0.6 is 11.6 Å². The molecule has 31 heavy (non-hydrogen) atoms. The topological polar surface area (TPSA) is 108 Å². The highest BCUT2D eigenvalue weighted by Gasteiger charge is 2.14. The monoisotopic (exact) mass is 434 g/mol. The molecule has 3 aromatic rings. The standard InChI is InChI=1S/C22H19ClN6O2/c1-15-11-12-24-22(27-15)25-14-19(28-20(30)17-5-3-2-4-6-17)21(31)29-26-13-16-7-9-18(23)10-8-16/h2-14H,1H3,(H,28,30)(H,29,31)(H,24,25,27). The van der Waals surface area contributed by atoms with Crippen LogP contribution in [0.3, 0.4) is 0 Å². The lowest BCUT2D eigenvalue weighted by Gasteiger charge is -2.09. The zero-order valence-electron chi connectivity index (χ0n) is 16.5. The minimum absolute atomic E-state index is 0.0628. The van der Waals surface area contributed by atoms with Crippen molar-refractivity contribution in [3.63, 3.8) is 0 Å². The number of nitrogens with one attached hydrogen (secondary N) is 3. The highest BCUT2D eigenvalue weighted by molar-refractivity contribution is 6.30. The normalized spacial score (nSPS) is 11.2. The third kappa shape index (κ3) is 6.76. The molecule has 0 saturated carbocycles. The van der Waals surface area contributed by atoms with Gasteiger partial charge in [-0.1, -0.05) is 41.9 Å². The van der Waals surface area contributed by atoms with Crippen LogP contribution < -0.4 is 16.1 Å². The van der Waals surface area contributed by atoms with E-state index in [4.69, 9.17) is 11.6 Å². The Balaban J connectivity index is 1.74. The predicted octanol–water partition coefficient (Wildman–Crippen LogP) is 3.27. The Morgan fingerprint density at radius 1 is 1.03 bits per heavy atom. The molecule has 0 aliphatic carbocycles. The van der Waals surface area contributed by atoms with E-state index in [-0.39, 0.29) is 11.6 Å². The Kier molecular flexibility index (Phi) is 7.45. The smallest absolute Gasteiger partial charge is 0.289 e. The Hall–Kier alpha value is -4.04. The molecule has 1 aromatic heterocycles. The number of carbonyl (C=O) groups excluding carboxylic acids is 2. The van der Waals surface area contributed by atoms with Crippen molar-refractivity contribution in [1.29, 1.82) is 0 Å². The van der Waals surface area contributed by atoms with Crippen molar-refractivity contribution in [2.24, 2.45) is 5.10 Å². The molecule has 2 aromatic carbocycles. The first-order chi connectivity index (χ1) is 15.0. The lowest BCUT2D eigenvalue weighted by atomic mass is 10.2. The molecule has 3 rings (SSSR count). The fourth-order valence-electron chi connectivity index (χ4n) is 2.37. The van der Waals surface area contributed by atoms with Crippen molar-refractivity contribution in [2.75, 3.05) is 5.32 Å². The number of amides is 2. The number of halogens is 1. The van der Waals surface area contributed by atoms with Crippen molar-refractivity contribution in [3.8, 4) is 0 Å². The van der Waals surface area contributed by atoms with Crippen LogP contribution in [-0.4, -0.2) is 28.0 Å². The Morgan fingerprint density at radius 3 is 2.48 bits per heavy atom. The summed E-state index contributed by atoms with van der Waals surface area (Å²) in [5.41, 5.74) is 4.22. The molecule has 2 amide bonds. The number of nitrogens with zero attached hydrogens (tertiary/aromatic N) is 3. The van der Waals surface area contributed by atoms with Gasteiger partial charge in [0.1, 0.15) is 5.70 Å². The second-order valence-electron chi connectivity index (χ2n) is 6.29. The van der Waals surface area contributed by atoms with Crippen molar-refractivity contribution < 1.29 is 9.59 Å². The number of aromatic nitrogens is 2. The van der Waals surface area contributed by atoms with Crippen LogP contribution in [0.25, 0.3) is 0 Å². The summed E-state index contributed by atoms with van der Waals surface area (Å²) in [6.45, 7) is 1.81. The van der Waals surface area contributed by atoms with E-state index in [1.165, 1.54) is 12.4 Å². The molecular weight excluding hydrogens is 416 g/mol. The minimum atomic E-state index is -0.630. The van der Waals surface area contributed by atoms with Gasteiger partial charge in [0.15, 0.2) is 0 Å². The second kappa shape index (κ2) is 10.7. The van der Waals surface area contributed by atoms with Gasteiger partial charge in [0.2, 0.25) is 5.95 Å². The molecule has 0 aliphatic rings. The summed E-state index contributed by atoms with van der Waals surface area (Å²) in [5, 5.41) is 9.91. The lowest BCUT2D eigenvalue weighted by Crippen LogP contribution is -2.33. The first-order valence-corrected chi connectivity index (χ1v) is 9.61. The molecule has 1 heterocycles. The number of rotatable bonds is 7. The van der Waals surface area contributed by atoms with E-state index < -0.39 is 11.8 Å². The number of hydrazone groups is 1. The van der Waals surface area contributed by atoms with E-state index in [2.05, 4.69) is 31.1 Å². The molecule has 3 N–H and O–H groups in total. The highest BCUT2D eigenvalue weighted by atomic mass is 35.5. The zero-order valence-corrected chi connectivity index (χ0v) is 17.3. The summed E-state index contributed by atoms with van der Waals surface area (Å²) in [6, 6.07) is 17.2. The predicted molar refractivity (Wildman–Crippen MR) is 120 cm³/mol. The van der Waals surface area contributed by atoms with Crippen LogP contribution in [0.15, 0.2) is 83.9 Å². The first-order valence-electron chi connectivity index (χ1n) is 9.23. The summed E-state index contributed by atoms with van der Waals surface area (Å²) >= 11 is 5.85. The fraction of sp³-hybridized carbons (Fsp3) is 0.0455. The van der Waals surface area contributed by atoms with E-state index in [1.54, 1.807) is 66.9 Å². The average Bonchev–Trinajstić information content (AvgIpc) is 2.78. The van der Waals surface area contributed by atoms with E-state index >= 15 is 0 Å². The zero-order chi connectivity index (χ0) is 22.1. The third-order valence-corrected chi connectivity index (χ3v) is 4.17. The SMILES string of the molecule is Cc1ccnc(NC=C(NC(=O)c2ccccc2)C(=O)NN=Cc2ccc(Cl)cc2)n1. The highest BCUT2D eigenvalue weighted by Crippen LogP contribution is 2.08. The first kappa shape index (κ1) is 21.7. The van der Waals surface area contributed by atoms with Crippen molar-refractivity contribution in [2.45, 2.75) is 6.92 Å². The molecule has 0 saturated heterocycles. The van der Waals surface area contributed by atoms with Gasteiger partial charge in [-0.25, -0.2) is 15.4 Å². The van der Waals surface area contributed by atoms with Crippen LogP contribution in [0.5, 0.6) is 0 Å². The van der Waals surface area contributed by atoms with Crippen LogP contribution in [-0.2, 0) is 4.79 Å². The quantitative estimate of drug-likeness (QED) is 0.300. The summed E-state index contributed by atoms with van der Waals surface area (Å²) in [6.07, 6.45) is 4.35. The molecule has 0 fully saturated rings. The van der Waals surface area contributed by atoms with E-state index in [9.17, 15) is 9.59 Å². The number of aryl methyl sites for hydroxylation is 1. The van der Waals surface area contributed by atoms with Gasteiger partial charge in [0.25, 0.3) is 11.8 Å². The molecule has 0 aliphatic heterocycles. The number of anilines is 1. The van der Waals surface area contributed by atoms with Crippen LogP contribution in [0.2, 0.25) is 5.02 Å². The van der Waals surface area contributed by atoms with Gasteiger partial charge >= 0.3 is 0 Å². The Bertz CT molecular complexity index is 1110. The van der Waals surface area contributed by atoms with Gasteiger partial charge in [0.05, 0.1) is 6.21 Å². The van der Waals surface area contributed by atoms with Gasteiger partial charge in [-0.15, -0.1) is 0 Å². The molecule has 0 unspecified atom stereocenters. The molecule has 156 valence electrons. The Labute approximate surface area is 184 Å². The summed E-state index contributed by atoms with van der Waals surface area (Å²) in [7, 11) is 0. The van der Waals surface area contributed by atoms with Crippen molar-refractivity contribution in [3.05, 3.63) is 101 Å². The Morgan fingerprint density at radius 2 is 1.77 bits per heavy atom. The largest absolute Gasteiger partial charge is 0.328 e. The van der Waals surface area contributed by atoms with Gasteiger partial charge < -0.3 is 10.6 Å². The van der Waals surface area contributed by atoms with Crippen LogP contribution in [0.4, 0.5) is 5.95 Å². The molecule has 0 radical (unpaired) electrons. The average molecular weight is 435 g/mol.